The van der Waals surface area contributed by atoms with Crippen molar-refractivity contribution in [1.29, 1.82) is 0 Å². The number of nitrogens with one attached hydrogen (secondary N) is 1. The molecular formula is C15H29N. The molecule has 0 aromatic carbocycles. The van der Waals surface area contributed by atoms with Gasteiger partial charge in [-0.1, -0.05) is 33.6 Å². The Morgan fingerprint density at radius 3 is 2.38 bits per heavy atom. The van der Waals surface area contributed by atoms with Gasteiger partial charge in [-0.15, -0.1) is 0 Å². The van der Waals surface area contributed by atoms with Crippen molar-refractivity contribution in [2.24, 2.45) is 23.7 Å². The van der Waals surface area contributed by atoms with Crippen LogP contribution >= 0.6 is 0 Å². The fourth-order valence-corrected chi connectivity index (χ4v) is 3.53. The van der Waals surface area contributed by atoms with Crippen LogP contribution in [0.15, 0.2) is 0 Å². The van der Waals surface area contributed by atoms with E-state index < -0.39 is 0 Å². The number of rotatable bonds is 2. The van der Waals surface area contributed by atoms with Gasteiger partial charge in [-0.25, -0.2) is 0 Å². The molecule has 94 valence electrons. The Morgan fingerprint density at radius 1 is 0.938 bits per heavy atom. The molecule has 0 aromatic heterocycles. The van der Waals surface area contributed by atoms with Gasteiger partial charge in [0.15, 0.2) is 0 Å². The SMILES string of the molecule is CC1CCC(CC2CCC(C)C(C)C2)NC1. The highest BCUT2D eigenvalue weighted by molar-refractivity contribution is 4.82. The van der Waals surface area contributed by atoms with Gasteiger partial charge in [-0.05, 0) is 55.9 Å². The summed E-state index contributed by atoms with van der Waals surface area (Å²) in [6, 6.07) is 0.835. The molecule has 2 rings (SSSR count). The van der Waals surface area contributed by atoms with E-state index >= 15 is 0 Å². The van der Waals surface area contributed by atoms with Crippen molar-refractivity contribution in [2.45, 2.75) is 65.3 Å². The van der Waals surface area contributed by atoms with Crippen LogP contribution in [-0.4, -0.2) is 12.6 Å². The molecule has 0 radical (unpaired) electrons. The van der Waals surface area contributed by atoms with Gasteiger partial charge < -0.3 is 5.32 Å². The van der Waals surface area contributed by atoms with Crippen LogP contribution in [0.2, 0.25) is 0 Å². The van der Waals surface area contributed by atoms with Crippen molar-refractivity contribution in [3.05, 3.63) is 0 Å². The first kappa shape index (κ1) is 12.4. The first-order valence-corrected chi connectivity index (χ1v) is 7.38. The van der Waals surface area contributed by atoms with Crippen molar-refractivity contribution in [2.75, 3.05) is 6.54 Å². The number of hydrogen-bond donors (Lipinski definition) is 1. The zero-order valence-electron chi connectivity index (χ0n) is 11.3. The van der Waals surface area contributed by atoms with Crippen molar-refractivity contribution in [3.8, 4) is 0 Å². The van der Waals surface area contributed by atoms with Crippen LogP contribution in [0.5, 0.6) is 0 Å². The van der Waals surface area contributed by atoms with Crippen LogP contribution in [0.3, 0.4) is 0 Å². The lowest BCUT2D eigenvalue weighted by Gasteiger charge is -2.36. The summed E-state index contributed by atoms with van der Waals surface area (Å²) in [5, 5.41) is 3.74. The number of hydrogen-bond acceptors (Lipinski definition) is 1. The summed E-state index contributed by atoms with van der Waals surface area (Å²) in [7, 11) is 0. The summed E-state index contributed by atoms with van der Waals surface area (Å²) in [6.07, 6.45) is 8.74. The van der Waals surface area contributed by atoms with Crippen molar-refractivity contribution < 1.29 is 0 Å². The Balaban J connectivity index is 1.73. The molecule has 1 nitrogen and oxygen atoms in total. The van der Waals surface area contributed by atoms with Crippen molar-refractivity contribution in [1.82, 2.24) is 5.32 Å². The van der Waals surface area contributed by atoms with E-state index in [1.54, 1.807) is 0 Å². The fraction of sp³-hybridized carbons (Fsp3) is 1.00. The Morgan fingerprint density at radius 2 is 1.75 bits per heavy atom. The zero-order valence-corrected chi connectivity index (χ0v) is 11.3. The van der Waals surface area contributed by atoms with Gasteiger partial charge in [0.2, 0.25) is 0 Å². The largest absolute Gasteiger partial charge is 0.314 e. The summed E-state index contributed by atoms with van der Waals surface area (Å²) in [4.78, 5) is 0. The maximum Gasteiger partial charge on any atom is 0.00699 e. The van der Waals surface area contributed by atoms with Crippen LogP contribution in [-0.2, 0) is 0 Å². The predicted octanol–water partition coefficient (Wildman–Crippen LogP) is 3.84. The molecule has 1 heterocycles. The topological polar surface area (TPSA) is 12.0 Å². The van der Waals surface area contributed by atoms with Gasteiger partial charge in [-0.2, -0.15) is 0 Å². The van der Waals surface area contributed by atoms with E-state index in [0.29, 0.717) is 0 Å². The Kier molecular flexibility index (Phi) is 4.29. The zero-order chi connectivity index (χ0) is 11.5. The highest BCUT2D eigenvalue weighted by atomic mass is 14.9. The third-order valence-corrected chi connectivity index (χ3v) is 5.09. The average Bonchev–Trinajstić information content (AvgIpc) is 2.27. The molecule has 0 aromatic rings. The minimum absolute atomic E-state index is 0.835. The maximum absolute atomic E-state index is 3.74. The summed E-state index contributed by atoms with van der Waals surface area (Å²) >= 11 is 0. The average molecular weight is 223 g/mol. The molecule has 2 fully saturated rings. The van der Waals surface area contributed by atoms with E-state index in [1.165, 1.54) is 45.1 Å². The summed E-state index contributed by atoms with van der Waals surface area (Å²) < 4.78 is 0. The molecule has 1 saturated carbocycles. The van der Waals surface area contributed by atoms with Gasteiger partial charge in [0.25, 0.3) is 0 Å². The molecule has 5 atom stereocenters. The van der Waals surface area contributed by atoms with Gasteiger partial charge in [-0.3, -0.25) is 0 Å². The second-order valence-electron chi connectivity index (χ2n) is 6.66. The number of piperidine rings is 1. The standard InChI is InChI=1S/C15H29N/c1-11-4-7-15(16-10-11)9-14-6-5-12(2)13(3)8-14/h11-16H,4-10H2,1-3H3. The van der Waals surface area contributed by atoms with E-state index in [1.807, 2.05) is 0 Å². The molecule has 0 amide bonds. The highest BCUT2D eigenvalue weighted by Crippen LogP contribution is 2.36. The predicted molar refractivity (Wildman–Crippen MR) is 70.5 cm³/mol. The first-order valence-electron chi connectivity index (χ1n) is 7.38. The van der Waals surface area contributed by atoms with Crippen LogP contribution in [0.25, 0.3) is 0 Å². The van der Waals surface area contributed by atoms with E-state index in [4.69, 9.17) is 0 Å². The lowest BCUT2D eigenvalue weighted by atomic mass is 9.73. The normalized spacial score (nSPS) is 45.6. The molecule has 2 aliphatic rings. The molecule has 1 aliphatic carbocycles. The van der Waals surface area contributed by atoms with Crippen LogP contribution in [0.1, 0.15) is 59.3 Å². The van der Waals surface area contributed by atoms with E-state index in [2.05, 4.69) is 26.1 Å². The minimum atomic E-state index is 0.835. The molecule has 5 unspecified atom stereocenters. The second-order valence-corrected chi connectivity index (χ2v) is 6.66. The molecule has 1 aliphatic heterocycles. The minimum Gasteiger partial charge on any atom is -0.314 e. The molecule has 1 N–H and O–H groups in total. The van der Waals surface area contributed by atoms with Gasteiger partial charge in [0.05, 0.1) is 0 Å². The van der Waals surface area contributed by atoms with E-state index in [-0.39, 0.29) is 0 Å². The highest BCUT2D eigenvalue weighted by Gasteiger charge is 2.27. The quantitative estimate of drug-likeness (QED) is 0.750. The van der Waals surface area contributed by atoms with Crippen molar-refractivity contribution in [3.63, 3.8) is 0 Å². The summed E-state index contributed by atoms with van der Waals surface area (Å²) in [5.41, 5.74) is 0. The molecule has 0 bridgehead atoms. The molecule has 1 heteroatoms. The Labute approximate surface area is 101 Å². The third-order valence-electron chi connectivity index (χ3n) is 5.09. The lowest BCUT2D eigenvalue weighted by molar-refractivity contribution is 0.176. The lowest BCUT2D eigenvalue weighted by Crippen LogP contribution is -2.40. The van der Waals surface area contributed by atoms with Gasteiger partial charge in [0.1, 0.15) is 0 Å². The fourth-order valence-electron chi connectivity index (χ4n) is 3.53. The van der Waals surface area contributed by atoms with E-state index in [0.717, 1.165) is 29.7 Å². The molecule has 0 spiro atoms. The van der Waals surface area contributed by atoms with Crippen LogP contribution < -0.4 is 5.32 Å². The molecular weight excluding hydrogens is 194 g/mol. The smallest absolute Gasteiger partial charge is 0.00699 e. The van der Waals surface area contributed by atoms with Gasteiger partial charge >= 0.3 is 0 Å². The second kappa shape index (κ2) is 5.53. The van der Waals surface area contributed by atoms with Crippen molar-refractivity contribution >= 4 is 0 Å². The summed E-state index contributed by atoms with van der Waals surface area (Å²) in [6.45, 7) is 8.51. The van der Waals surface area contributed by atoms with Crippen LogP contribution in [0.4, 0.5) is 0 Å². The summed E-state index contributed by atoms with van der Waals surface area (Å²) in [5.74, 6) is 3.84. The Bertz CT molecular complexity index is 205. The third kappa shape index (κ3) is 3.23. The monoisotopic (exact) mass is 223 g/mol. The van der Waals surface area contributed by atoms with Crippen LogP contribution in [0, 0.1) is 23.7 Å². The van der Waals surface area contributed by atoms with Gasteiger partial charge in [0, 0.05) is 6.04 Å². The Hall–Kier alpha value is -0.0400. The van der Waals surface area contributed by atoms with E-state index in [9.17, 15) is 0 Å². The molecule has 16 heavy (non-hydrogen) atoms. The molecule has 1 saturated heterocycles. The first-order chi connectivity index (χ1) is 7.65. The maximum atomic E-state index is 3.74.